The van der Waals surface area contributed by atoms with E-state index >= 15 is 0 Å². The fourth-order valence-electron chi connectivity index (χ4n) is 3.12. The second kappa shape index (κ2) is 8.66. The molecule has 3 rings (SSSR count). The molecule has 0 aromatic heterocycles. The van der Waals surface area contributed by atoms with Crippen molar-refractivity contribution in [3.63, 3.8) is 0 Å². The third-order valence-electron chi connectivity index (χ3n) is 4.74. The van der Waals surface area contributed by atoms with Crippen LogP contribution in [0.2, 0.25) is 0 Å². The van der Waals surface area contributed by atoms with Gasteiger partial charge in [0.25, 0.3) is 5.91 Å². The number of carbonyl (C=O) groups excluding carboxylic acids is 2. The van der Waals surface area contributed by atoms with Crippen LogP contribution < -0.4 is 5.32 Å². The molecule has 0 saturated carbocycles. The first-order valence-corrected chi connectivity index (χ1v) is 9.17. The maximum atomic E-state index is 13.9. The van der Waals surface area contributed by atoms with E-state index in [9.17, 15) is 14.0 Å². The van der Waals surface area contributed by atoms with E-state index in [1.54, 1.807) is 21.9 Å². The van der Waals surface area contributed by atoms with Crippen LogP contribution in [0.15, 0.2) is 48.5 Å². The topological polar surface area (TPSA) is 52.7 Å². The summed E-state index contributed by atoms with van der Waals surface area (Å²) in [6.45, 7) is 4.39. The van der Waals surface area contributed by atoms with E-state index in [0.717, 1.165) is 5.56 Å². The molecule has 1 N–H and O–H groups in total. The van der Waals surface area contributed by atoms with Crippen LogP contribution in [-0.2, 0) is 6.54 Å². The maximum Gasteiger partial charge on any atom is 0.317 e. The van der Waals surface area contributed by atoms with Gasteiger partial charge in [0, 0.05) is 32.7 Å². The second-order valence-electron chi connectivity index (χ2n) is 6.76. The first-order chi connectivity index (χ1) is 13.0. The van der Waals surface area contributed by atoms with Gasteiger partial charge >= 0.3 is 6.03 Å². The Morgan fingerprint density at radius 3 is 2.37 bits per heavy atom. The molecule has 0 atom stereocenters. The Hall–Kier alpha value is -2.89. The van der Waals surface area contributed by atoms with E-state index < -0.39 is 5.82 Å². The number of hydrogen-bond acceptors (Lipinski definition) is 2. The SMILES string of the molecule is Cc1ccc(CNC(=O)N2CCCN(C(=O)c3ccccc3F)CC2)cc1. The molecule has 5 nitrogen and oxygen atoms in total. The molecule has 0 unspecified atom stereocenters. The zero-order valence-corrected chi connectivity index (χ0v) is 15.5. The number of urea groups is 1. The third kappa shape index (κ3) is 4.84. The standard InChI is InChI=1S/C21H24FN3O2/c1-16-7-9-17(10-8-16)15-23-21(27)25-12-4-11-24(13-14-25)20(26)18-5-2-3-6-19(18)22/h2-3,5-10H,4,11-15H2,1H3,(H,23,27). The van der Waals surface area contributed by atoms with E-state index in [1.807, 2.05) is 31.2 Å². The number of carbonyl (C=O) groups is 2. The molecule has 6 heteroatoms. The Balaban J connectivity index is 1.54. The summed E-state index contributed by atoms with van der Waals surface area (Å²) >= 11 is 0. The molecule has 0 bridgehead atoms. The zero-order valence-electron chi connectivity index (χ0n) is 15.5. The van der Waals surface area contributed by atoms with Gasteiger partial charge in [0.2, 0.25) is 0 Å². The molecular formula is C21H24FN3O2. The lowest BCUT2D eigenvalue weighted by Gasteiger charge is -2.22. The lowest BCUT2D eigenvalue weighted by Crippen LogP contribution is -2.42. The predicted molar refractivity (Wildman–Crippen MR) is 102 cm³/mol. The third-order valence-corrected chi connectivity index (χ3v) is 4.74. The Morgan fingerprint density at radius 1 is 0.963 bits per heavy atom. The summed E-state index contributed by atoms with van der Waals surface area (Å²) in [7, 11) is 0. The lowest BCUT2D eigenvalue weighted by molar-refractivity contribution is 0.0757. The summed E-state index contributed by atoms with van der Waals surface area (Å²) in [5.74, 6) is -0.838. The highest BCUT2D eigenvalue weighted by Gasteiger charge is 2.24. The lowest BCUT2D eigenvalue weighted by atomic mass is 10.1. The summed E-state index contributed by atoms with van der Waals surface area (Å²) in [5, 5.41) is 2.92. The van der Waals surface area contributed by atoms with Crippen molar-refractivity contribution in [3.8, 4) is 0 Å². The number of rotatable bonds is 3. The largest absolute Gasteiger partial charge is 0.337 e. The Kier molecular flexibility index (Phi) is 6.06. The van der Waals surface area contributed by atoms with E-state index in [4.69, 9.17) is 0 Å². The summed E-state index contributed by atoms with van der Waals surface area (Å²) in [6, 6.07) is 13.9. The monoisotopic (exact) mass is 369 g/mol. The molecule has 1 aliphatic heterocycles. The van der Waals surface area contributed by atoms with Gasteiger partial charge in [-0.15, -0.1) is 0 Å². The number of nitrogens with one attached hydrogen (secondary N) is 1. The smallest absolute Gasteiger partial charge is 0.317 e. The van der Waals surface area contributed by atoms with Gasteiger partial charge in [-0.1, -0.05) is 42.0 Å². The van der Waals surface area contributed by atoms with Crippen molar-refractivity contribution >= 4 is 11.9 Å². The summed E-state index contributed by atoms with van der Waals surface area (Å²) < 4.78 is 13.9. The number of benzene rings is 2. The molecule has 27 heavy (non-hydrogen) atoms. The van der Waals surface area contributed by atoms with Gasteiger partial charge in [0.05, 0.1) is 5.56 Å². The zero-order chi connectivity index (χ0) is 19.2. The molecule has 3 amide bonds. The van der Waals surface area contributed by atoms with Crippen molar-refractivity contribution in [1.29, 1.82) is 0 Å². The Labute approximate surface area is 158 Å². The van der Waals surface area contributed by atoms with Crippen LogP contribution in [0, 0.1) is 12.7 Å². The van der Waals surface area contributed by atoms with Crippen molar-refractivity contribution < 1.29 is 14.0 Å². The van der Waals surface area contributed by atoms with Crippen LogP contribution >= 0.6 is 0 Å². The van der Waals surface area contributed by atoms with E-state index in [2.05, 4.69) is 5.32 Å². The number of amides is 3. The molecule has 1 saturated heterocycles. The first-order valence-electron chi connectivity index (χ1n) is 9.17. The minimum atomic E-state index is -0.514. The number of hydrogen-bond donors (Lipinski definition) is 1. The number of nitrogens with zero attached hydrogens (tertiary/aromatic N) is 2. The molecule has 1 aliphatic rings. The number of halogens is 1. The molecular weight excluding hydrogens is 345 g/mol. The van der Waals surface area contributed by atoms with Crippen LogP contribution in [-0.4, -0.2) is 47.9 Å². The van der Waals surface area contributed by atoms with Crippen molar-refractivity contribution in [2.24, 2.45) is 0 Å². The van der Waals surface area contributed by atoms with Crippen molar-refractivity contribution in [3.05, 3.63) is 71.0 Å². The van der Waals surface area contributed by atoms with Gasteiger partial charge in [-0.3, -0.25) is 4.79 Å². The summed E-state index contributed by atoms with van der Waals surface area (Å²) in [5.41, 5.74) is 2.30. The van der Waals surface area contributed by atoms with Crippen molar-refractivity contribution in [2.45, 2.75) is 19.9 Å². The summed E-state index contributed by atoms with van der Waals surface area (Å²) in [6.07, 6.45) is 0.665. The minimum absolute atomic E-state index is 0.0785. The minimum Gasteiger partial charge on any atom is -0.337 e. The van der Waals surface area contributed by atoms with Gasteiger partial charge in [-0.2, -0.15) is 0 Å². The van der Waals surface area contributed by atoms with E-state index in [-0.39, 0.29) is 17.5 Å². The normalized spacial score (nSPS) is 14.6. The quantitative estimate of drug-likeness (QED) is 0.903. The van der Waals surface area contributed by atoms with E-state index in [1.165, 1.54) is 17.7 Å². The van der Waals surface area contributed by atoms with Gasteiger partial charge in [-0.05, 0) is 31.0 Å². The van der Waals surface area contributed by atoms with Gasteiger partial charge in [0.1, 0.15) is 5.82 Å². The van der Waals surface area contributed by atoms with Gasteiger partial charge in [0.15, 0.2) is 0 Å². The molecule has 0 spiro atoms. The molecule has 1 heterocycles. The van der Waals surface area contributed by atoms with Gasteiger partial charge < -0.3 is 15.1 Å². The summed E-state index contributed by atoms with van der Waals surface area (Å²) in [4.78, 5) is 28.3. The predicted octanol–water partition coefficient (Wildman–Crippen LogP) is 3.19. The Morgan fingerprint density at radius 2 is 1.63 bits per heavy atom. The van der Waals surface area contributed by atoms with Crippen LogP contribution in [0.1, 0.15) is 27.9 Å². The molecule has 1 fully saturated rings. The van der Waals surface area contributed by atoms with Crippen LogP contribution in [0.4, 0.5) is 9.18 Å². The fraction of sp³-hybridized carbons (Fsp3) is 0.333. The van der Waals surface area contributed by atoms with E-state index in [0.29, 0.717) is 39.1 Å². The highest BCUT2D eigenvalue weighted by Crippen LogP contribution is 2.13. The molecule has 0 radical (unpaired) electrons. The highest BCUT2D eigenvalue weighted by atomic mass is 19.1. The average molecular weight is 369 g/mol. The Bertz CT molecular complexity index is 807. The van der Waals surface area contributed by atoms with Crippen LogP contribution in [0.3, 0.4) is 0 Å². The molecule has 2 aromatic rings. The molecule has 2 aromatic carbocycles. The number of aryl methyl sites for hydroxylation is 1. The van der Waals surface area contributed by atoms with Crippen LogP contribution in [0.25, 0.3) is 0 Å². The fourth-order valence-corrected chi connectivity index (χ4v) is 3.12. The second-order valence-corrected chi connectivity index (χ2v) is 6.76. The van der Waals surface area contributed by atoms with Crippen molar-refractivity contribution in [2.75, 3.05) is 26.2 Å². The first kappa shape index (κ1) is 18.9. The molecule has 0 aliphatic carbocycles. The maximum absolute atomic E-state index is 13.9. The average Bonchev–Trinajstić information content (AvgIpc) is 2.93. The van der Waals surface area contributed by atoms with Crippen molar-refractivity contribution in [1.82, 2.24) is 15.1 Å². The van der Waals surface area contributed by atoms with Gasteiger partial charge in [-0.25, -0.2) is 9.18 Å². The van der Waals surface area contributed by atoms with Crippen LogP contribution in [0.5, 0.6) is 0 Å². The molecule has 142 valence electrons. The highest BCUT2D eigenvalue weighted by molar-refractivity contribution is 5.94.